The van der Waals surface area contributed by atoms with Crippen LogP contribution in [0.25, 0.3) is 0 Å². The minimum atomic E-state index is -1.30. The zero-order chi connectivity index (χ0) is 17.4. The van der Waals surface area contributed by atoms with Gasteiger partial charge in [0.1, 0.15) is 0 Å². The highest BCUT2D eigenvalue weighted by Gasteiger charge is 2.63. The molecule has 0 aliphatic heterocycles. The van der Waals surface area contributed by atoms with Gasteiger partial charge in [-0.25, -0.2) is 4.39 Å². The summed E-state index contributed by atoms with van der Waals surface area (Å²) in [6.07, 6.45) is 3.96. The number of hydrogen-bond acceptors (Lipinski definition) is 2. The topological polar surface area (TPSA) is 34.1 Å². The third-order valence-electron chi connectivity index (χ3n) is 8.19. The van der Waals surface area contributed by atoms with E-state index >= 15 is 0 Å². The SMILES string of the molecule is C=C1CC2=CC(=O)CC(C)[C@]2(C)[C@@H]2CC[C@]3(C)C(=O)C(F)C[C@H]3[C@H]12. The van der Waals surface area contributed by atoms with Crippen LogP contribution in [0.5, 0.6) is 0 Å². The average molecular weight is 330 g/mol. The van der Waals surface area contributed by atoms with Gasteiger partial charge in [0.25, 0.3) is 0 Å². The van der Waals surface area contributed by atoms with E-state index in [9.17, 15) is 14.0 Å². The molecule has 0 aromatic rings. The van der Waals surface area contributed by atoms with Gasteiger partial charge in [0.05, 0.1) is 0 Å². The predicted molar refractivity (Wildman–Crippen MR) is 91.1 cm³/mol. The van der Waals surface area contributed by atoms with Crippen LogP contribution < -0.4 is 0 Å². The Bertz CT molecular complexity index is 677. The number of carbonyl (C=O) groups excluding carboxylic acids is 2. The first kappa shape index (κ1) is 16.2. The third-order valence-corrected chi connectivity index (χ3v) is 8.19. The molecule has 0 heterocycles. The highest BCUT2D eigenvalue weighted by atomic mass is 19.1. The Morgan fingerprint density at radius 2 is 1.96 bits per heavy atom. The van der Waals surface area contributed by atoms with Gasteiger partial charge in [0.2, 0.25) is 0 Å². The monoisotopic (exact) mass is 330 g/mol. The molecule has 0 radical (unpaired) electrons. The van der Waals surface area contributed by atoms with Crippen molar-refractivity contribution in [3.05, 3.63) is 23.8 Å². The molecule has 3 saturated carbocycles. The maximum atomic E-state index is 14.3. The van der Waals surface area contributed by atoms with Gasteiger partial charge in [-0.05, 0) is 60.8 Å². The molecule has 0 N–H and O–H groups in total. The number of Topliss-reactive ketones (excluding diaryl/α,β-unsaturated/α-hetero) is 1. The van der Waals surface area contributed by atoms with Crippen molar-refractivity contribution in [3.8, 4) is 0 Å². The number of hydrogen-bond donors (Lipinski definition) is 0. The van der Waals surface area contributed by atoms with Crippen LogP contribution in [0.15, 0.2) is 23.8 Å². The van der Waals surface area contributed by atoms with E-state index in [-0.39, 0.29) is 28.8 Å². The minimum absolute atomic E-state index is 0.0153. The molecular weight excluding hydrogens is 303 g/mol. The summed E-state index contributed by atoms with van der Waals surface area (Å²) in [6.45, 7) is 10.8. The van der Waals surface area contributed by atoms with Crippen LogP contribution in [0.3, 0.4) is 0 Å². The van der Waals surface area contributed by atoms with Crippen molar-refractivity contribution in [2.45, 2.75) is 59.0 Å². The van der Waals surface area contributed by atoms with E-state index in [1.807, 2.05) is 13.0 Å². The Balaban J connectivity index is 1.80. The highest BCUT2D eigenvalue weighted by molar-refractivity contribution is 5.92. The first-order valence-corrected chi connectivity index (χ1v) is 9.29. The van der Waals surface area contributed by atoms with Gasteiger partial charge in [-0.1, -0.05) is 38.5 Å². The minimum Gasteiger partial charge on any atom is -0.296 e. The van der Waals surface area contributed by atoms with Crippen LogP contribution in [-0.2, 0) is 9.59 Å². The van der Waals surface area contributed by atoms with Crippen molar-refractivity contribution in [2.24, 2.45) is 34.5 Å². The van der Waals surface area contributed by atoms with Gasteiger partial charge < -0.3 is 0 Å². The number of allylic oxidation sites excluding steroid dienone is 2. The summed E-state index contributed by atoms with van der Waals surface area (Å²) < 4.78 is 14.3. The molecular formula is C21H27FO2. The fourth-order valence-electron chi connectivity index (χ4n) is 6.59. The van der Waals surface area contributed by atoms with Crippen LogP contribution in [0.4, 0.5) is 4.39 Å². The Hall–Kier alpha value is -1.25. The van der Waals surface area contributed by atoms with E-state index in [1.54, 1.807) is 0 Å². The molecule has 3 heteroatoms. The fourth-order valence-corrected chi connectivity index (χ4v) is 6.59. The molecule has 130 valence electrons. The van der Waals surface area contributed by atoms with Gasteiger partial charge in [-0.2, -0.15) is 0 Å². The lowest BCUT2D eigenvalue weighted by atomic mass is 9.44. The fraction of sp³-hybridized carbons (Fsp3) is 0.714. The van der Waals surface area contributed by atoms with Gasteiger partial charge in [0.15, 0.2) is 17.7 Å². The van der Waals surface area contributed by atoms with Crippen molar-refractivity contribution >= 4 is 11.6 Å². The second-order valence-corrected chi connectivity index (χ2v) is 9.12. The summed E-state index contributed by atoms with van der Waals surface area (Å²) in [7, 11) is 0. The number of fused-ring (bicyclic) bond motifs is 5. The summed E-state index contributed by atoms with van der Waals surface area (Å²) in [5.41, 5.74) is 1.80. The number of halogens is 1. The normalized spacial score (nSPS) is 50.9. The summed E-state index contributed by atoms with van der Waals surface area (Å²) in [6, 6.07) is 0. The summed E-state index contributed by atoms with van der Waals surface area (Å²) in [4.78, 5) is 24.5. The first-order chi connectivity index (χ1) is 11.2. The smallest absolute Gasteiger partial charge is 0.173 e. The Morgan fingerprint density at radius 1 is 1.25 bits per heavy atom. The summed E-state index contributed by atoms with van der Waals surface area (Å²) in [5.74, 6) is 1.01. The van der Waals surface area contributed by atoms with Crippen molar-refractivity contribution in [1.29, 1.82) is 0 Å². The average Bonchev–Trinajstić information content (AvgIpc) is 2.74. The zero-order valence-electron chi connectivity index (χ0n) is 14.9. The number of rotatable bonds is 0. The van der Waals surface area contributed by atoms with Crippen molar-refractivity contribution in [1.82, 2.24) is 0 Å². The third kappa shape index (κ3) is 1.82. The highest BCUT2D eigenvalue weighted by Crippen LogP contribution is 2.66. The van der Waals surface area contributed by atoms with Gasteiger partial charge in [-0.15, -0.1) is 0 Å². The molecule has 2 unspecified atom stereocenters. The molecule has 4 aliphatic rings. The maximum absolute atomic E-state index is 14.3. The van der Waals surface area contributed by atoms with Crippen molar-refractivity contribution in [2.75, 3.05) is 0 Å². The van der Waals surface area contributed by atoms with Crippen LogP contribution in [-0.4, -0.2) is 17.7 Å². The lowest BCUT2D eigenvalue weighted by molar-refractivity contribution is -0.134. The largest absolute Gasteiger partial charge is 0.296 e. The van der Waals surface area contributed by atoms with Crippen LogP contribution in [0.2, 0.25) is 0 Å². The van der Waals surface area contributed by atoms with E-state index in [0.717, 1.165) is 24.8 Å². The number of alkyl halides is 1. The quantitative estimate of drug-likeness (QED) is 0.615. The predicted octanol–water partition coefficient (Wildman–Crippen LogP) is 4.45. The standard InChI is InChI=1S/C21H27FO2/c1-11-7-13-9-14(23)8-12(2)21(13,4)15-5-6-20(3)16(18(11)15)10-17(22)19(20)24/h9,12,15-18H,1,5-8,10H2,2-4H3/t12?,15-,16+,17?,18-,20+,21+/m1/s1. The molecule has 24 heavy (non-hydrogen) atoms. The van der Waals surface area contributed by atoms with Crippen LogP contribution in [0.1, 0.15) is 52.9 Å². The molecule has 0 bridgehead atoms. The molecule has 3 fully saturated rings. The molecule has 0 spiro atoms. The van der Waals surface area contributed by atoms with Crippen molar-refractivity contribution in [3.63, 3.8) is 0 Å². The molecule has 0 saturated heterocycles. The lowest BCUT2D eigenvalue weighted by Gasteiger charge is -2.59. The molecule has 7 atom stereocenters. The van der Waals surface area contributed by atoms with Crippen LogP contribution >= 0.6 is 0 Å². The van der Waals surface area contributed by atoms with Crippen LogP contribution in [0, 0.1) is 34.5 Å². The first-order valence-electron chi connectivity index (χ1n) is 9.29. The molecule has 0 aromatic heterocycles. The second-order valence-electron chi connectivity index (χ2n) is 9.12. The van der Waals surface area contributed by atoms with Gasteiger partial charge >= 0.3 is 0 Å². The van der Waals surface area contributed by atoms with E-state index < -0.39 is 11.6 Å². The Labute approximate surface area is 143 Å². The Morgan fingerprint density at radius 3 is 2.67 bits per heavy atom. The summed E-state index contributed by atoms with van der Waals surface area (Å²) >= 11 is 0. The molecule has 2 nitrogen and oxygen atoms in total. The number of ketones is 2. The summed E-state index contributed by atoms with van der Waals surface area (Å²) in [5, 5.41) is 0. The van der Waals surface area contributed by atoms with E-state index in [1.165, 1.54) is 5.57 Å². The van der Waals surface area contributed by atoms with E-state index in [4.69, 9.17) is 0 Å². The second kappa shape index (κ2) is 4.89. The van der Waals surface area contributed by atoms with Crippen molar-refractivity contribution < 1.29 is 14.0 Å². The molecule has 0 aromatic carbocycles. The van der Waals surface area contributed by atoms with Gasteiger partial charge in [-0.3, -0.25) is 9.59 Å². The van der Waals surface area contributed by atoms with Gasteiger partial charge in [0, 0.05) is 11.8 Å². The van der Waals surface area contributed by atoms with E-state index in [2.05, 4.69) is 20.4 Å². The molecule has 0 amide bonds. The zero-order valence-corrected chi connectivity index (χ0v) is 14.9. The molecule has 4 rings (SSSR count). The lowest BCUT2D eigenvalue weighted by Crippen LogP contribution is -2.53. The Kier molecular flexibility index (Phi) is 3.31. The molecule has 4 aliphatic carbocycles. The number of carbonyl (C=O) groups is 2. The van der Waals surface area contributed by atoms with E-state index in [0.29, 0.717) is 24.7 Å². The maximum Gasteiger partial charge on any atom is 0.173 e.